The van der Waals surface area contributed by atoms with Crippen LogP contribution in [0.3, 0.4) is 0 Å². The number of nitrogens with zero attached hydrogens (tertiary/aromatic N) is 2. The number of aromatic hydroxyl groups is 1. The van der Waals surface area contributed by atoms with Crippen molar-refractivity contribution in [1.29, 1.82) is 0 Å². The second kappa shape index (κ2) is 6.46. The highest BCUT2D eigenvalue weighted by atomic mass is 19.4. The SMILES string of the molecule is Cc1cc(C(F)(F)F)cc(O)c1-c1ccc(CNC2CC(F)(F)C2)nn1. The molecule has 1 aliphatic rings. The highest BCUT2D eigenvalue weighted by Crippen LogP contribution is 2.39. The molecule has 140 valence electrons. The molecule has 4 nitrogen and oxygen atoms in total. The molecule has 1 saturated carbocycles. The first-order valence-electron chi connectivity index (χ1n) is 7.90. The summed E-state index contributed by atoms with van der Waals surface area (Å²) in [6.45, 7) is 1.70. The van der Waals surface area contributed by atoms with Crippen LogP contribution in [0.5, 0.6) is 5.75 Å². The summed E-state index contributed by atoms with van der Waals surface area (Å²) in [6.07, 6.45) is -4.98. The Kier molecular flexibility index (Phi) is 4.60. The number of alkyl halides is 5. The van der Waals surface area contributed by atoms with Gasteiger partial charge in [0.15, 0.2) is 0 Å². The molecule has 3 rings (SSSR count). The van der Waals surface area contributed by atoms with Crippen molar-refractivity contribution in [1.82, 2.24) is 15.5 Å². The molecule has 2 aromatic rings. The van der Waals surface area contributed by atoms with E-state index >= 15 is 0 Å². The Bertz CT molecular complexity index is 774. The minimum atomic E-state index is -4.56. The Morgan fingerprint density at radius 3 is 2.38 bits per heavy atom. The lowest BCUT2D eigenvalue weighted by atomic mass is 9.88. The maximum absolute atomic E-state index is 12.8. The minimum absolute atomic E-state index is 0.170. The zero-order valence-electron chi connectivity index (χ0n) is 13.7. The predicted octanol–water partition coefficient (Wildman–Crippen LogP) is 4.06. The number of hydrogen-bond acceptors (Lipinski definition) is 4. The maximum atomic E-state index is 12.8. The van der Waals surface area contributed by atoms with Crippen LogP contribution in [0.15, 0.2) is 24.3 Å². The van der Waals surface area contributed by atoms with E-state index in [0.29, 0.717) is 11.8 Å². The van der Waals surface area contributed by atoms with Gasteiger partial charge in [0.25, 0.3) is 5.92 Å². The van der Waals surface area contributed by atoms with E-state index < -0.39 is 23.4 Å². The number of hydrogen-bond donors (Lipinski definition) is 2. The van der Waals surface area contributed by atoms with Gasteiger partial charge in [-0.3, -0.25) is 0 Å². The summed E-state index contributed by atoms with van der Waals surface area (Å²) in [6, 6.07) is 4.42. The lowest BCUT2D eigenvalue weighted by molar-refractivity contribution is -0.137. The quantitative estimate of drug-likeness (QED) is 0.794. The van der Waals surface area contributed by atoms with E-state index in [1.807, 2.05) is 0 Å². The van der Waals surface area contributed by atoms with Gasteiger partial charge in [-0.05, 0) is 36.8 Å². The van der Waals surface area contributed by atoms with Gasteiger partial charge >= 0.3 is 6.18 Å². The van der Waals surface area contributed by atoms with Crippen LogP contribution >= 0.6 is 0 Å². The van der Waals surface area contributed by atoms with Gasteiger partial charge in [0.2, 0.25) is 0 Å². The van der Waals surface area contributed by atoms with Crippen molar-refractivity contribution < 1.29 is 27.1 Å². The average Bonchev–Trinajstić information content (AvgIpc) is 2.50. The second-order valence-corrected chi connectivity index (χ2v) is 6.44. The van der Waals surface area contributed by atoms with E-state index in [1.54, 1.807) is 6.07 Å². The highest BCUT2D eigenvalue weighted by Gasteiger charge is 2.44. The van der Waals surface area contributed by atoms with Crippen LogP contribution in [0.25, 0.3) is 11.3 Å². The fraction of sp³-hybridized carbons (Fsp3) is 0.412. The molecule has 1 aromatic heterocycles. The molecule has 26 heavy (non-hydrogen) atoms. The van der Waals surface area contributed by atoms with E-state index in [1.165, 1.54) is 13.0 Å². The van der Waals surface area contributed by atoms with Crippen LogP contribution < -0.4 is 5.32 Å². The van der Waals surface area contributed by atoms with E-state index in [2.05, 4.69) is 15.5 Å². The Morgan fingerprint density at radius 1 is 1.19 bits per heavy atom. The largest absolute Gasteiger partial charge is 0.507 e. The van der Waals surface area contributed by atoms with E-state index in [-0.39, 0.29) is 42.2 Å². The lowest BCUT2D eigenvalue weighted by Gasteiger charge is -2.35. The number of aromatic nitrogens is 2. The summed E-state index contributed by atoms with van der Waals surface area (Å²) < 4.78 is 63.9. The summed E-state index contributed by atoms with van der Waals surface area (Å²) in [7, 11) is 0. The number of rotatable bonds is 4. The van der Waals surface area contributed by atoms with Crippen LogP contribution in [-0.4, -0.2) is 27.3 Å². The fourth-order valence-electron chi connectivity index (χ4n) is 2.91. The van der Waals surface area contributed by atoms with Gasteiger partial charge in [0.1, 0.15) is 5.75 Å². The van der Waals surface area contributed by atoms with Gasteiger partial charge in [-0.1, -0.05) is 0 Å². The van der Waals surface area contributed by atoms with Crippen molar-refractivity contribution in [3.63, 3.8) is 0 Å². The van der Waals surface area contributed by atoms with Crippen LogP contribution in [0.1, 0.15) is 29.7 Å². The summed E-state index contributed by atoms with van der Waals surface area (Å²) in [4.78, 5) is 0. The fourth-order valence-corrected chi connectivity index (χ4v) is 2.91. The molecule has 0 unspecified atom stereocenters. The molecule has 0 bridgehead atoms. The molecule has 0 saturated heterocycles. The third-order valence-corrected chi connectivity index (χ3v) is 4.28. The van der Waals surface area contributed by atoms with Crippen molar-refractivity contribution in [3.8, 4) is 17.0 Å². The van der Waals surface area contributed by atoms with Crippen molar-refractivity contribution in [2.45, 2.75) is 44.5 Å². The third kappa shape index (κ3) is 3.92. The number of nitrogens with one attached hydrogen (secondary N) is 1. The molecule has 0 spiro atoms. The van der Waals surface area contributed by atoms with Gasteiger partial charge < -0.3 is 10.4 Å². The van der Waals surface area contributed by atoms with Crippen molar-refractivity contribution in [3.05, 3.63) is 41.1 Å². The molecule has 2 N–H and O–H groups in total. The standard InChI is InChI=1S/C17H16F5N3O/c1-9-4-10(17(20,21)22)5-14(26)15(9)13-3-2-11(24-25-13)8-23-12-6-16(18,19)7-12/h2-5,12,23,26H,6-8H2,1H3. The average molecular weight is 373 g/mol. The molecule has 0 aliphatic heterocycles. The van der Waals surface area contributed by atoms with Gasteiger partial charge in [-0.25, -0.2) is 8.78 Å². The van der Waals surface area contributed by atoms with Crippen LogP contribution in [0.4, 0.5) is 22.0 Å². The summed E-state index contributed by atoms with van der Waals surface area (Å²) in [5.41, 5.74) is 0.181. The molecule has 1 aliphatic carbocycles. The van der Waals surface area contributed by atoms with Crippen LogP contribution in [0, 0.1) is 6.92 Å². The molecule has 1 aromatic carbocycles. The molecular formula is C17H16F5N3O. The van der Waals surface area contributed by atoms with Crippen LogP contribution in [0.2, 0.25) is 0 Å². The molecule has 0 amide bonds. The minimum Gasteiger partial charge on any atom is -0.507 e. The van der Waals surface area contributed by atoms with E-state index in [0.717, 1.165) is 6.07 Å². The van der Waals surface area contributed by atoms with Crippen molar-refractivity contribution in [2.24, 2.45) is 0 Å². The Balaban J connectivity index is 1.72. The molecule has 9 heteroatoms. The molecule has 1 heterocycles. The Morgan fingerprint density at radius 2 is 1.88 bits per heavy atom. The van der Waals surface area contributed by atoms with Crippen LogP contribution in [-0.2, 0) is 12.7 Å². The predicted molar refractivity (Wildman–Crippen MR) is 83.7 cm³/mol. The molecule has 0 atom stereocenters. The summed E-state index contributed by atoms with van der Waals surface area (Å²) >= 11 is 0. The number of benzene rings is 1. The molecule has 1 fully saturated rings. The molecule has 0 radical (unpaired) electrons. The topological polar surface area (TPSA) is 58.0 Å². The van der Waals surface area contributed by atoms with Gasteiger partial charge in [-0.15, -0.1) is 0 Å². The summed E-state index contributed by atoms with van der Waals surface area (Å²) in [5, 5.41) is 20.8. The van der Waals surface area contributed by atoms with Crippen molar-refractivity contribution >= 4 is 0 Å². The first kappa shape index (κ1) is 18.5. The van der Waals surface area contributed by atoms with Gasteiger partial charge in [0, 0.05) is 31.0 Å². The van der Waals surface area contributed by atoms with Gasteiger partial charge in [-0.2, -0.15) is 23.4 Å². The smallest absolute Gasteiger partial charge is 0.416 e. The normalized spacial score (nSPS) is 17.2. The number of halogens is 5. The molecular weight excluding hydrogens is 357 g/mol. The summed E-state index contributed by atoms with van der Waals surface area (Å²) in [5.74, 6) is -3.14. The monoisotopic (exact) mass is 373 g/mol. The van der Waals surface area contributed by atoms with Crippen molar-refractivity contribution in [2.75, 3.05) is 0 Å². The zero-order valence-corrected chi connectivity index (χ0v) is 13.7. The number of phenolic OH excluding ortho intramolecular Hbond substituents is 1. The third-order valence-electron chi connectivity index (χ3n) is 4.28. The van der Waals surface area contributed by atoms with E-state index in [9.17, 15) is 27.1 Å². The van der Waals surface area contributed by atoms with E-state index in [4.69, 9.17) is 0 Å². The number of aryl methyl sites for hydroxylation is 1. The van der Waals surface area contributed by atoms with Gasteiger partial charge in [0.05, 0.1) is 17.0 Å². The lowest BCUT2D eigenvalue weighted by Crippen LogP contribution is -2.48. The second-order valence-electron chi connectivity index (χ2n) is 6.44. The first-order valence-corrected chi connectivity index (χ1v) is 7.90. The number of phenols is 1. The first-order chi connectivity index (χ1) is 12.0. The highest BCUT2D eigenvalue weighted by molar-refractivity contribution is 5.71. The Hall–Kier alpha value is -2.29. The zero-order chi connectivity index (χ0) is 19.1. The Labute approximate surface area is 146 Å². The maximum Gasteiger partial charge on any atom is 0.416 e.